The minimum Gasteiger partial charge on any atom is -0.389 e. The second-order valence-electron chi connectivity index (χ2n) is 5.07. The van der Waals surface area contributed by atoms with E-state index < -0.39 is 0 Å². The van der Waals surface area contributed by atoms with Crippen LogP contribution in [-0.2, 0) is 0 Å². The third kappa shape index (κ3) is 2.26. The van der Waals surface area contributed by atoms with Crippen molar-refractivity contribution in [1.82, 2.24) is 0 Å². The van der Waals surface area contributed by atoms with Crippen LogP contribution < -0.4 is 10.6 Å². The van der Waals surface area contributed by atoms with Crippen molar-refractivity contribution in [3.05, 3.63) is 28.8 Å². The Morgan fingerprint density at radius 2 is 2.18 bits per heavy atom. The van der Waals surface area contributed by atoms with E-state index in [1.165, 1.54) is 12.8 Å². The SMILES string of the molecule is CC1(C)CCCN1c1cccc(Cl)c1C(N)=S. The van der Waals surface area contributed by atoms with E-state index in [-0.39, 0.29) is 5.54 Å². The van der Waals surface area contributed by atoms with Crippen molar-refractivity contribution in [1.29, 1.82) is 0 Å². The van der Waals surface area contributed by atoms with Gasteiger partial charge >= 0.3 is 0 Å². The van der Waals surface area contributed by atoms with Gasteiger partial charge in [-0.1, -0.05) is 29.9 Å². The molecule has 2 rings (SSSR count). The summed E-state index contributed by atoms with van der Waals surface area (Å²) in [5, 5.41) is 0.637. The summed E-state index contributed by atoms with van der Waals surface area (Å²) >= 11 is 11.3. The third-order valence-electron chi connectivity index (χ3n) is 3.43. The minimum absolute atomic E-state index is 0.143. The van der Waals surface area contributed by atoms with Gasteiger partial charge in [-0.15, -0.1) is 0 Å². The number of halogens is 1. The molecular weight excluding hydrogens is 252 g/mol. The van der Waals surface area contributed by atoms with Crippen molar-refractivity contribution in [3.8, 4) is 0 Å². The van der Waals surface area contributed by atoms with E-state index in [4.69, 9.17) is 29.6 Å². The smallest absolute Gasteiger partial charge is 0.107 e. The number of hydrogen-bond donors (Lipinski definition) is 1. The lowest BCUT2D eigenvalue weighted by molar-refractivity contribution is 0.518. The van der Waals surface area contributed by atoms with Crippen molar-refractivity contribution < 1.29 is 0 Å². The molecule has 0 amide bonds. The van der Waals surface area contributed by atoms with Crippen LogP contribution in [0.15, 0.2) is 18.2 Å². The molecule has 2 nitrogen and oxygen atoms in total. The van der Waals surface area contributed by atoms with E-state index in [9.17, 15) is 0 Å². The summed E-state index contributed by atoms with van der Waals surface area (Å²) in [6, 6.07) is 5.84. The van der Waals surface area contributed by atoms with Crippen molar-refractivity contribution in [2.24, 2.45) is 5.73 Å². The first-order chi connectivity index (χ1) is 7.93. The zero-order valence-corrected chi connectivity index (χ0v) is 11.7. The van der Waals surface area contributed by atoms with Gasteiger partial charge < -0.3 is 10.6 Å². The summed E-state index contributed by atoms with van der Waals surface area (Å²) in [5.74, 6) is 0. The molecule has 17 heavy (non-hydrogen) atoms. The van der Waals surface area contributed by atoms with Crippen molar-refractivity contribution in [2.75, 3.05) is 11.4 Å². The second kappa shape index (κ2) is 4.46. The van der Waals surface area contributed by atoms with Gasteiger partial charge in [0.05, 0.1) is 10.6 Å². The Morgan fingerprint density at radius 1 is 1.47 bits per heavy atom. The summed E-state index contributed by atoms with van der Waals surface area (Å²) in [4.78, 5) is 2.72. The number of rotatable bonds is 2. The van der Waals surface area contributed by atoms with Crippen molar-refractivity contribution >= 4 is 34.5 Å². The molecule has 1 aliphatic heterocycles. The highest BCUT2D eigenvalue weighted by molar-refractivity contribution is 7.80. The van der Waals surface area contributed by atoms with Gasteiger partial charge in [-0.2, -0.15) is 0 Å². The lowest BCUT2D eigenvalue weighted by atomic mass is 10.0. The van der Waals surface area contributed by atoms with Crippen LogP contribution in [0.5, 0.6) is 0 Å². The fourth-order valence-corrected chi connectivity index (χ4v) is 3.08. The Kier molecular flexibility index (Phi) is 3.32. The molecule has 0 spiro atoms. The molecule has 1 saturated heterocycles. The van der Waals surface area contributed by atoms with Gasteiger partial charge in [0.2, 0.25) is 0 Å². The van der Waals surface area contributed by atoms with E-state index in [1.807, 2.05) is 18.2 Å². The third-order valence-corrected chi connectivity index (χ3v) is 3.95. The molecule has 0 saturated carbocycles. The van der Waals surface area contributed by atoms with Crippen molar-refractivity contribution in [3.63, 3.8) is 0 Å². The van der Waals surface area contributed by atoms with Crippen molar-refractivity contribution in [2.45, 2.75) is 32.2 Å². The molecule has 0 unspecified atom stereocenters. The number of nitrogens with two attached hydrogens (primary N) is 1. The van der Waals surface area contributed by atoms with Gasteiger partial charge in [0.1, 0.15) is 4.99 Å². The maximum absolute atomic E-state index is 6.20. The topological polar surface area (TPSA) is 29.3 Å². The Hall–Kier alpha value is -0.800. The Bertz CT molecular complexity index is 457. The van der Waals surface area contributed by atoms with Crippen LogP contribution in [0.4, 0.5) is 5.69 Å². The minimum atomic E-state index is 0.143. The first-order valence-electron chi connectivity index (χ1n) is 5.79. The molecule has 92 valence electrons. The molecular formula is C13H17ClN2S. The molecule has 4 heteroatoms. The van der Waals surface area contributed by atoms with Crippen LogP contribution in [0.2, 0.25) is 5.02 Å². The number of thiocarbonyl (C=S) groups is 1. The highest BCUT2D eigenvalue weighted by Crippen LogP contribution is 2.37. The normalized spacial score (nSPS) is 18.4. The average molecular weight is 269 g/mol. The average Bonchev–Trinajstić information content (AvgIpc) is 2.57. The molecule has 1 aromatic carbocycles. The zero-order valence-electron chi connectivity index (χ0n) is 10.2. The first-order valence-corrected chi connectivity index (χ1v) is 6.58. The molecule has 0 aliphatic carbocycles. The van der Waals surface area contributed by atoms with Crippen LogP contribution in [0.25, 0.3) is 0 Å². The molecule has 0 bridgehead atoms. The number of anilines is 1. The Balaban J connectivity index is 2.52. The van der Waals surface area contributed by atoms with Gasteiger partial charge in [-0.25, -0.2) is 0 Å². The molecule has 0 atom stereocenters. The zero-order chi connectivity index (χ0) is 12.6. The monoisotopic (exact) mass is 268 g/mol. The van der Waals surface area contributed by atoms with E-state index in [0.29, 0.717) is 10.0 Å². The predicted octanol–water partition coefficient (Wildman–Crippen LogP) is 3.35. The van der Waals surface area contributed by atoms with Gasteiger partial charge in [0.25, 0.3) is 0 Å². The highest BCUT2D eigenvalue weighted by atomic mass is 35.5. The van der Waals surface area contributed by atoms with E-state index >= 15 is 0 Å². The van der Waals surface area contributed by atoms with Gasteiger partial charge in [-0.3, -0.25) is 0 Å². The maximum Gasteiger partial charge on any atom is 0.107 e. The lowest BCUT2D eigenvalue weighted by Crippen LogP contribution is -2.39. The largest absolute Gasteiger partial charge is 0.389 e. The summed E-state index contributed by atoms with van der Waals surface area (Å²) < 4.78 is 0. The molecule has 1 aromatic rings. The Morgan fingerprint density at radius 3 is 2.71 bits per heavy atom. The molecule has 1 aliphatic rings. The quantitative estimate of drug-likeness (QED) is 0.834. The van der Waals surface area contributed by atoms with E-state index in [2.05, 4.69) is 18.7 Å². The highest BCUT2D eigenvalue weighted by Gasteiger charge is 2.33. The fourth-order valence-electron chi connectivity index (χ4n) is 2.54. The lowest BCUT2D eigenvalue weighted by Gasteiger charge is -2.35. The summed E-state index contributed by atoms with van der Waals surface area (Å²) in [6.45, 7) is 5.51. The summed E-state index contributed by atoms with van der Waals surface area (Å²) in [7, 11) is 0. The van der Waals surface area contributed by atoms with Crippen LogP contribution >= 0.6 is 23.8 Å². The number of hydrogen-bond acceptors (Lipinski definition) is 2. The van der Waals surface area contributed by atoms with Crippen LogP contribution in [0.3, 0.4) is 0 Å². The number of benzene rings is 1. The molecule has 2 N–H and O–H groups in total. The van der Waals surface area contributed by atoms with Crippen LogP contribution in [0, 0.1) is 0 Å². The predicted molar refractivity (Wildman–Crippen MR) is 78.0 cm³/mol. The van der Waals surface area contributed by atoms with E-state index in [1.54, 1.807) is 0 Å². The molecule has 1 fully saturated rings. The first kappa shape index (κ1) is 12.7. The molecule has 0 aromatic heterocycles. The van der Waals surface area contributed by atoms with Gasteiger partial charge in [0, 0.05) is 17.8 Å². The van der Waals surface area contributed by atoms with E-state index in [0.717, 1.165) is 17.8 Å². The Labute approximate surface area is 113 Å². The molecule has 0 radical (unpaired) electrons. The fraction of sp³-hybridized carbons (Fsp3) is 0.462. The summed E-state index contributed by atoms with van der Waals surface area (Å²) in [5.41, 5.74) is 7.80. The van der Waals surface area contributed by atoms with Gasteiger partial charge in [-0.05, 0) is 38.8 Å². The van der Waals surface area contributed by atoms with Crippen LogP contribution in [0.1, 0.15) is 32.3 Å². The van der Waals surface area contributed by atoms with Gasteiger partial charge in [0.15, 0.2) is 0 Å². The number of nitrogens with zero attached hydrogens (tertiary/aromatic N) is 1. The molecule has 1 heterocycles. The standard InChI is InChI=1S/C13H17ClN2S/c1-13(2)7-4-8-16(13)10-6-3-5-9(14)11(10)12(15)17/h3,5-6H,4,7-8H2,1-2H3,(H2,15,17). The van der Waals surface area contributed by atoms with Crippen LogP contribution in [-0.4, -0.2) is 17.1 Å². The second-order valence-corrected chi connectivity index (χ2v) is 5.91. The summed E-state index contributed by atoms with van der Waals surface area (Å²) in [6.07, 6.45) is 2.37. The maximum atomic E-state index is 6.20.